The number of aryl methyl sites for hydroxylation is 1. The van der Waals surface area contributed by atoms with Crippen LogP contribution >= 0.6 is 0 Å². The van der Waals surface area contributed by atoms with Crippen LogP contribution in [0.3, 0.4) is 0 Å². The largest absolute Gasteiger partial charge is 0.322 e. The molecule has 6 rings (SSSR count). The summed E-state index contributed by atoms with van der Waals surface area (Å²) in [5, 5.41) is 2.88. The number of hydrogen-bond acceptors (Lipinski definition) is 3. The molecule has 1 N–H and O–H groups in total. The molecule has 1 aliphatic heterocycles. The van der Waals surface area contributed by atoms with Gasteiger partial charge in [-0.3, -0.25) is 19.3 Å². The molecule has 3 amide bonds. The molecule has 5 nitrogen and oxygen atoms in total. The minimum atomic E-state index is -0.235. The van der Waals surface area contributed by atoms with Crippen molar-refractivity contribution < 1.29 is 14.4 Å². The molecule has 2 saturated carbocycles. The normalized spacial score (nSPS) is 27.2. The zero-order valence-electron chi connectivity index (χ0n) is 19.0. The van der Waals surface area contributed by atoms with Crippen LogP contribution in [-0.2, 0) is 9.59 Å². The van der Waals surface area contributed by atoms with Gasteiger partial charge in [0.25, 0.3) is 5.91 Å². The molecule has 2 aliphatic carbocycles. The van der Waals surface area contributed by atoms with Crippen molar-refractivity contribution in [2.45, 2.75) is 25.7 Å². The van der Waals surface area contributed by atoms with E-state index in [0.29, 0.717) is 17.2 Å². The highest BCUT2D eigenvalue weighted by Gasteiger charge is 2.64. The van der Waals surface area contributed by atoms with E-state index < -0.39 is 0 Å². The van der Waals surface area contributed by atoms with Crippen molar-refractivity contribution in [2.75, 3.05) is 10.2 Å². The van der Waals surface area contributed by atoms with Gasteiger partial charge < -0.3 is 5.32 Å². The minimum Gasteiger partial charge on any atom is -0.322 e. The monoisotopic (exact) mass is 450 g/mol. The smallest absolute Gasteiger partial charge is 0.255 e. The fourth-order valence-corrected chi connectivity index (χ4v) is 6.40. The van der Waals surface area contributed by atoms with Crippen LogP contribution in [0.25, 0.3) is 0 Å². The van der Waals surface area contributed by atoms with E-state index in [0.717, 1.165) is 24.1 Å². The first-order valence-electron chi connectivity index (χ1n) is 11.9. The third kappa shape index (κ3) is 3.26. The van der Waals surface area contributed by atoms with Crippen LogP contribution in [0.15, 0.2) is 78.9 Å². The molecule has 170 valence electrons. The summed E-state index contributed by atoms with van der Waals surface area (Å²) in [5.74, 6) is 0.000479. The number of fused-ring (bicyclic) bond motifs is 5. The number of hydrogen-bond donors (Lipinski definition) is 1. The summed E-state index contributed by atoms with van der Waals surface area (Å²) < 4.78 is 0. The lowest BCUT2D eigenvalue weighted by atomic mass is 9.73. The van der Waals surface area contributed by atoms with Gasteiger partial charge in [0.05, 0.1) is 17.5 Å². The molecule has 0 radical (unpaired) electrons. The summed E-state index contributed by atoms with van der Waals surface area (Å²) in [6, 6.07) is 24.7. The molecular weight excluding hydrogens is 424 g/mol. The standard InChI is InChI=1S/C29H26N2O3/c1-17-7-11-21(12-8-17)30-27(32)19-9-13-22(14-10-19)31-28(33)25-20-15-23(18-5-3-2-4-6-18)24(16-20)26(25)29(31)34/h2-14,20,23-26H,15-16H2,1H3,(H,30,32)/t20-,23+,24+,25+,26-/m0/s1. The molecular formula is C29H26N2O3. The van der Waals surface area contributed by atoms with Crippen molar-refractivity contribution in [3.63, 3.8) is 0 Å². The Morgan fingerprint density at radius 1 is 0.824 bits per heavy atom. The molecule has 3 fully saturated rings. The molecule has 5 heteroatoms. The molecule has 3 aliphatic rings. The van der Waals surface area contributed by atoms with E-state index in [-0.39, 0.29) is 41.4 Å². The first-order chi connectivity index (χ1) is 16.5. The number of rotatable bonds is 4. The lowest BCUT2D eigenvalue weighted by Crippen LogP contribution is -2.33. The zero-order chi connectivity index (χ0) is 23.4. The van der Waals surface area contributed by atoms with E-state index in [2.05, 4.69) is 17.4 Å². The maximum Gasteiger partial charge on any atom is 0.255 e. The number of amides is 3. The number of carbonyl (C=O) groups is 3. The number of nitrogens with one attached hydrogen (secondary N) is 1. The third-order valence-corrected chi connectivity index (χ3v) is 7.94. The molecule has 3 aromatic rings. The third-order valence-electron chi connectivity index (χ3n) is 7.94. The molecule has 2 bridgehead atoms. The summed E-state index contributed by atoms with van der Waals surface area (Å²) in [5.41, 5.74) is 4.15. The minimum absolute atomic E-state index is 0.0779. The van der Waals surface area contributed by atoms with Gasteiger partial charge in [-0.1, -0.05) is 48.0 Å². The lowest BCUT2D eigenvalue weighted by Gasteiger charge is -2.28. The summed E-state index contributed by atoms with van der Waals surface area (Å²) >= 11 is 0. The molecule has 0 unspecified atom stereocenters. The van der Waals surface area contributed by atoms with E-state index in [4.69, 9.17) is 0 Å². The van der Waals surface area contributed by atoms with Crippen molar-refractivity contribution in [3.8, 4) is 0 Å². The van der Waals surface area contributed by atoms with E-state index in [9.17, 15) is 14.4 Å². The predicted molar refractivity (Wildman–Crippen MR) is 130 cm³/mol. The Balaban J connectivity index is 1.20. The molecule has 0 spiro atoms. The second-order valence-corrected chi connectivity index (χ2v) is 9.84. The average Bonchev–Trinajstić information content (AvgIpc) is 3.52. The van der Waals surface area contributed by atoms with Crippen molar-refractivity contribution in [1.82, 2.24) is 0 Å². The highest BCUT2D eigenvalue weighted by Crippen LogP contribution is 2.61. The maximum absolute atomic E-state index is 13.5. The molecule has 1 saturated heterocycles. The SMILES string of the molecule is Cc1ccc(NC(=O)c2ccc(N3C(=O)[C@@H]4[C@@H]5C[C@@H]([C@@H]4C3=O)[C@@H](c3ccccc3)C5)cc2)cc1. The second-order valence-electron chi connectivity index (χ2n) is 9.84. The topological polar surface area (TPSA) is 66.5 Å². The van der Waals surface area contributed by atoms with Crippen LogP contribution < -0.4 is 10.2 Å². The van der Waals surface area contributed by atoms with E-state index in [1.165, 1.54) is 10.5 Å². The zero-order valence-corrected chi connectivity index (χ0v) is 19.0. The number of carbonyl (C=O) groups excluding carboxylic acids is 3. The Bertz CT molecular complexity index is 1270. The second kappa shape index (κ2) is 7.94. The van der Waals surface area contributed by atoms with E-state index in [1.54, 1.807) is 24.3 Å². The lowest BCUT2D eigenvalue weighted by molar-refractivity contribution is -0.123. The summed E-state index contributed by atoms with van der Waals surface area (Å²) in [4.78, 5) is 40.8. The van der Waals surface area contributed by atoms with Gasteiger partial charge >= 0.3 is 0 Å². The highest BCUT2D eigenvalue weighted by atomic mass is 16.2. The number of nitrogens with zero attached hydrogens (tertiary/aromatic N) is 1. The highest BCUT2D eigenvalue weighted by molar-refractivity contribution is 6.22. The van der Waals surface area contributed by atoms with Crippen LogP contribution in [0.5, 0.6) is 0 Å². The molecule has 3 aromatic carbocycles. The number of benzene rings is 3. The number of imide groups is 1. The molecule has 5 atom stereocenters. The van der Waals surface area contributed by atoms with Crippen LogP contribution in [0.4, 0.5) is 11.4 Å². The first kappa shape index (κ1) is 20.8. The van der Waals surface area contributed by atoms with Crippen molar-refractivity contribution >= 4 is 29.1 Å². The first-order valence-corrected chi connectivity index (χ1v) is 11.9. The van der Waals surface area contributed by atoms with Gasteiger partial charge in [0, 0.05) is 11.3 Å². The van der Waals surface area contributed by atoms with Gasteiger partial charge in [0.1, 0.15) is 0 Å². The van der Waals surface area contributed by atoms with Gasteiger partial charge in [-0.25, -0.2) is 0 Å². The quantitative estimate of drug-likeness (QED) is 0.557. The molecule has 34 heavy (non-hydrogen) atoms. The predicted octanol–water partition coefficient (Wildman–Crippen LogP) is 5.18. The average molecular weight is 451 g/mol. The maximum atomic E-state index is 13.5. The van der Waals surface area contributed by atoms with Crippen molar-refractivity contribution in [1.29, 1.82) is 0 Å². The van der Waals surface area contributed by atoms with Crippen LogP contribution in [-0.4, -0.2) is 17.7 Å². The Kier molecular flexibility index (Phi) is 4.87. The number of anilines is 2. The van der Waals surface area contributed by atoms with Crippen molar-refractivity contribution in [3.05, 3.63) is 95.6 Å². The van der Waals surface area contributed by atoms with Crippen molar-refractivity contribution in [2.24, 2.45) is 23.7 Å². The van der Waals surface area contributed by atoms with E-state index >= 15 is 0 Å². The summed E-state index contributed by atoms with van der Waals surface area (Å²) in [6.45, 7) is 1.99. The Morgan fingerprint density at radius 3 is 2.21 bits per heavy atom. The van der Waals surface area contributed by atoms with Crippen LogP contribution in [0, 0.1) is 30.6 Å². The van der Waals surface area contributed by atoms with Gasteiger partial charge in [-0.05, 0) is 79.5 Å². The summed E-state index contributed by atoms with van der Waals surface area (Å²) in [7, 11) is 0. The fourth-order valence-electron chi connectivity index (χ4n) is 6.40. The van der Waals surface area contributed by atoms with Crippen LogP contribution in [0.1, 0.15) is 40.2 Å². The van der Waals surface area contributed by atoms with Gasteiger partial charge in [-0.15, -0.1) is 0 Å². The van der Waals surface area contributed by atoms with Gasteiger partial charge in [0.15, 0.2) is 0 Å². The molecule has 1 heterocycles. The fraction of sp³-hybridized carbons (Fsp3) is 0.276. The molecule has 0 aromatic heterocycles. The Hall–Kier alpha value is -3.73. The van der Waals surface area contributed by atoms with Crippen LogP contribution in [0.2, 0.25) is 0 Å². The Labute approximate surface area is 198 Å². The van der Waals surface area contributed by atoms with Gasteiger partial charge in [-0.2, -0.15) is 0 Å². The van der Waals surface area contributed by atoms with Gasteiger partial charge in [0.2, 0.25) is 11.8 Å². The summed E-state index contributed by atoms with van der Waals surface area (Å²) in [6.07, 6.45) is 1.93. The van der Waals surface area contributed by atoms with E-state index in [1.807, 2.05) is 49.4 Å². The Morgan fingerprint density at radius 2 is 1.50 bits per heavy atom.